The molecule has 0 fully saturated rings. The molecular formula is C15H19N5OS2. The maximum Gasteiger partial charge on any atom is 0.200 e. The highest BCUT2D eigenvalue weighted by molar-refractivity contribution is 8.00. The van der Waals surface area contributed by atoms with E-state index in [1.807, 2.05) is 12.1 Å². The molecule has 0 radical (unpaired) electrons. The highest BCUT2D eigenvalue weighted by Gasteiger charge is 2.19. The van der Waals surface area contributed by atoms with Gasteiger partial charge in [0.05, 0.1) is 6.26 Å². The van der Waals surface area contributed by atoms with E-state index in [0.717, 1.165) is 33.4 Å². The van der Waals surface area contributed by atoms with E-state index in [-0.39, 0.29) is 0 Å². The van der Waals surface area contributed by atoms with Gasteiger partial charge >= 0.3 is 0 Å². The van der Waals surface area contributed by atoms with Crippen molar-refractivity contribution < 1.29 is 4.42 Å². The minimum Gasteiger partial charge on any atom is -0.461 e. The lowest BCUT2D eigenvalue weighted by molar-refractivity contribution is 0.489. The van der Waals surface area contributed by atoms with E-state index in [2.05, 4.69) is 51.8 Å². The zero-order chi connectivity index (χ0) is 16.4. The van der Waals surface area contributed by atoms with Crippen LogP contribution in [0.5, 0.6) is 0 Å². The van der Waals surface area contributed by atoms with Gasteiger partial charge in [0.25, 0.3) is 0 Å². The summed E-state index contributed by atoms with van der Waals surface area (Å²) in [6, 6.07) is 3.76. The van der Waals surface area contributed by atoms with Gasteiger partial charge in [0.2, 0.25) is 0 Å². The van der Waals surface area contributed by atoms with E-state index in [1.165, 1.54) is 23.3 Å². The average Bonchev–Trinajstić information content (AvgIpc) is 3.20. The number of hydrogen-bond acceptors (Lipinski definition) is 7. The summed E-state index contributed by atoms with van der Waals surface area (Å²) in [5.41, 5.74) is 0. The third-order valence-corrected chi connectivity index (χ3v) is 4.87. The average molecular weight is 349 g/mol. The first-order valence-electron chi connectivity index (χ1n) is 7.53. The summed E-state index contributed by atoms with van der Waals surface area (Å²) in [6.07, 6.45) is 1.65. The second kappa shape index (κ2) is 6.84. The predicted molar refractivity (Wildman–Crippen MR) is 90.7 cm³/mol. The first-order valence-corrected chi connectivity index (χ1v) is 9.12. The Hall–Kier alpha value is -1.67. The van der Waals surface area contributed by atoms with Crippen molar-refractivity contribution in [3.8, 4) is 11.6 Å². The number of aromatic nitrogens is 5. The normalized spacial score (nSPS) is 11.7. The molecule has 0 aliphatic heterocycles. The summed E-state index contributed by atoms with van der Waals surface area (Å²) in [5.74, 6) is 3.15. The van der Waals surface area contributed by atoms with Crippen LogP contribution in [-0.4, -0.2) is 24.1 Å². The molecule has 0 aliphatic rings. The molecule has 0 spiro atoms. The van der Waals surface area contributed by atoms with Crippen LogP contribution in [0, 0.1) is 5.92 Å². The lowest BCUT2D eigenvalue weighted by atomic mass is 10.2. The van der Waals surface area contributed by atoms with E-state index in [9.17, 15) is 0 Å². The molecule has 0 amide bonds. The standard InChI is InChI=1S/C15H19N5OS2/c1-9(2)8-20-13(11-6-5-7-21-11)17-18-14(20)22-15-16-12(10(3)4)19-23-15/h5-7,9-10H,8H2,1-4H3. The van der Waals surface area contributed by atoms with Gasteiger partial charge in [-0.2, -0.15) is 4.37 Å². The largest absolute Gasteiger partial charge is 0.461 e. The molecule has 3 aromatic rings. The van der Waals surface area contributed by atoms with Crippen molar-refractivity contribution >= 4 is 23.3 Å². The summed E-state index contributed by atoms with van der Waals surface area (Å²) in [5, 5.41) is 9.45. The van der Waals surface area contributed by atoms with E-state index < -0.39 is 0 Å². The first kappa shape index (κ1) is 16.2. The van der Waals surface area contributed by atoms with Crippen molar-refractivity contribution in [1.82, 2.24) is 24.1 Å². The summed E-state index contributed by atoms with van der Waals surface area (Å²) in [6.45, 7) is 9.34. The maximum absolute atomic E-state index is 5.48. The van der Waals surface area contributed by atoms with Crippen molar-refractivity contribution in [3.63, 3.8) is 0 Å². The molecule has 0 aromatic carbocycles. The van der Waals surface area contributed by atoms with Gasteiger partial charge in [-0.25, -0.2) is 4.98 Å². The summed E-state index contributed by atoms with van der Waals surface area (Å²) >= 11 is 2.91. The second-order valence-corrected chi connectivity index (χ2v) is 7.93. The summed E-state index contributed by atoms with van der Waals surface area (Å²) in [4.78, 5) is 4.56. The minimum absolute atomic E-state index is 0.327. The van der Waals surface area contributed by atoms with Crippen LogP contribution in [0.15, 0.2) is 32.3 Å². The van der Waals surface area contributed by atoms with E-state index >= 15 is 0 Å². The SMILES string of the molecule is CC(C)Cn1c(Sc2nc(C(C)C)ns2)nnc1-c1ccco1. The maximum atomic E-state index is 5.48. The number of nitrogens with zero attached hydrogens (tertiary/aromatic N) is 5. The molecule has 23 heavy (non-hydrogen) atoms. The topological polar surface area (TPSA) is 69.6 Å². The molecule has 6 nitrogen and oxygen atoms in total. The molecular weight excluding hydrogens is 330 g/mol. The zero-order valence-corrected chi connectivity index (χ0v) is 15.2. The van der Waals surface area contributed by atoms with Gasteiger partial charge in [0, 0.05) is 12.5 Å². The van der Waals surface area contributed by atoms with Gasteiger partial charge in [-0.15, -0.1) is 10.2 Å². The van der Waals surface area contributed by atoms with Crippen LogP contribution in [0.2, 0.25) is 0 Å². The molecule has 0 bridgehead atoms. The van der Waals surface area contributed by atoms with Gasteiger partial charge in [-0.1, -0.05) is 27.7 Å². The Morgan fingerprint density at radius 1 is 1.26 bits per heavy atom. The van der Waals surface area contributed by atoms with Gasteiger partial charge < -0.3 is 4.42 Å². The molecule has 3 heterocycles. The fourth-order valence-electron chi connectivity index (χ4n) is 2.06. The number of hydrogen-bond donors (Lipinski definition) is 0. The Balaban J connectivity index is 1.91. The van der Waals surface area contributed by atoms with Crippen molar-refractivity contribution in [2.24, 2.45) is 5.92 Å². The summed E-state index contributed by atoms with van der Waals surface area (Å²) in [7, 11) is 0. The fourth-order valence-corrected chi connectivity index (χ4v) is 3.75. The molecule has 8 heteroatoms. The molecule has 3 rings (SSSR count). The second-order valence-electron chi connectivity index (χ2n) is 5.96. The molecule has 0 saturated heterocycles. The number of rotatable bonds is 6. The summed E-state index contributed by atoms with van der Waals surface area (Å²) < 4.78 is 12.8. The zero-order valence-electron chi connectivity index (χ0n) is 13.6. The highest BCUT2D eigenvalue weighted by Crippen LogP contribution is 2.32. The van der Waals surface area contributed by atoms with Gasteiger partial charge in [0.15, 0.2) is 21.1 Å². The smallest absolute Gasteiger partial charge is 0.200 e. The van der Waals surface area contributed by atoms with E-state index in [1.54, 1.807) is 6.26 Å². The Morgan fingerprint density at radius 3 is 2.70 bits per heavy atom. The van der Waals surface area contributed by atoms with Crippen LogP contribution in [0.4, 0.5) is 0 Å². The Kier molecular flexibility index (Phi) is 4.82. The Morgan fingerprint density at radius 2 is 2.09 bits per heavy atom. The van der Waals surface area contributed by atoms with Gasteiger partial charge in [0.1, 0.15) is 5.82 Å². The molecule has 3 aromatic heterocycles. The van der Waals surface area contributed by atoms with Crippen molar-refractivity contribution in [2.45, 2.75) is 49.7 Å². The van der Waals surface area contributed by atoms with Crippen LogP contribution in [0.1, 0.15) is 39.4 Å². The monoisotopic (exact) mass is 349 g/mol. The van der Waals surface area contributed by atoms with Crippen molar-refractivity contribution in [3.05, 3.63) is 24.2 Å². The van der Waals surface area contributed by atoms with Crippen molar-refractivity contribution in [1.29, 1.82) is 0 Å². The van der Waals surface area contributed by atoms with E-state index in [4.69, 9.17) is 4.42 Å². The Labute approximate surface area is 143 Å². The van der Waals surface area contributed by atoms with Crippen LogP contribution < -0.4 is 0 Å². The fraction of sp³-hybridized carbons (Fsp3) is 0.467. The van der Waals surface area contributed by atoms with Crippen LogP contribution >= 0.6 is 23.3 Å². The third kappa shape index (κ3) is 3.64. The molecule has 0 atom stereocenters. The third-order valence-electron chi connectivity index (χ3n) is 3.12. The molecule has 0 N–H and O–H groups in total. The highest BCUT2D eigenvalue weighted by atomic mass is 32.2. The van der Waals surface area contributed by atoms with Gasteiger partial charge in [-0.3, -0.25) is 4.57 Å². The van der Waals surface area contributed by atoms with Crippen LogP contribution in [-0.2, 0) is 6.54 Å². The first-order chi connectivity index (χ1) is 11.0. The molecule has 0 saturated carbocycles. The lowest BCUT2D eigenvalue weighted by Crippen LogP contribution is -2.07. The van der Waals surface area contributed by atoms with Crippen LogP contribution in [0.3, 0.4) is 0 Å². The Bertz CT molecular complexity index is 761. The molecule has 122 valence electrons. The quantitative estimate of drug-likeness (QED) is 0.660. The predicted octanol–water partition coefficient (Wildman–Crippen LogP) is 4.32. The van der Waals surface area contributed by atoms with Crippen LogP contribution in [0.25, 0.3) is 11.6 Å². The lowest BCUT2D eigenvalue weighted by Gasteiger charge is -2.10. The minimum atomic E-state index is 0.327. The number of furan rings is 1. The molecule has 0 unspecified atom stereocenters. The van der Waals surface area contributed by atoms with E-state index in [0.29, 0.717) is 11.8 Å². The molecule has 0 aliphatic carbocycles. The van der Waals surface area contributed by atoms with Gasteiger partial charge in [-0.05, 0) is 41.3 Å². The van der Waals surface area contributed by atoms with Crippen molar-refractivity contribution in [2.75, 3.05) is 0 Å².